The van der Waals surface area contributed by atoms with Gasteiger partial charge in [-0.25, -0.2) is 0 Å². The van der Waals surface area contributed by atoms with Gasteiger partial charge >= 0.3 is 0 Å². The lowest BCUT2D eigenvalue weighted by Crippen LogP contribution is -2.19. The molecule has 25 heavy (non-hydrogen) atoms. The van der Waals surface area contributed by atoms with E-state index in [4.69, 9.17) is 9.15 Å². The van der Waals surface area contributed by atoms with Crippen molar-refractivity contribution in [2.75, 3.05) is 6.61 Å². The summed E-state index contributed by atoms with van der Waals surface area (Å²) in [4.78, 5) is 26.7. The summed E-state index contributed by atoms with van der Waals surface area (Å²) in [6, 6.07) is 10.8. The normalized spacial score (nSPS) is 12.5. The van der Waals surface area contributed by atoms with Gasteiger partial charge in [-0.3, -0.25) is 9.59 Å². The van der Waals surface area contributed by atoms with Crippen molar-refractivity contribution in [3.05, 3.63) is 73.5 Å². The topological polar surface area (TPSA) is 72.3 Å². The van der Waals surface area contributed by atoms with Gasteiger partial charge in [-0.15, -0.1) is 11.3 Å². The predicted octanol–water partition coefficient (Wildman–Crippen LogP) is 2.31. The van der Waals surface area contributed by atoms with Crippen LogP contribution in [0.25, 0.3) is 12.2 Å². The first kappa shape index (κ1) is 17.0. The van der Waals surface area contributed by atoms with Gasteiger partial charge in [0.25, 0.3) is 5.56 Å². The minimum absolute atomic E-state index is 0.227. The van der Waals surface area contributed by atoms with E-state index in [2.05, 4.69) is 11.9 Å². The van der Waals surface area contributed by atoms with Crippen molar-refractivity contribution in [3.63, 3.8) is 0 Å². The van der Waals surface area contributed by atoms with Crippen LogP contribution in [0.1, 0.15) is 29.5 Å². The monoisotopic (exact) mass is 355 g/mol. The van der Waals surface area contributed by atoms with Crippen LogP contribution < -0.4 is 19.5 Å². The second-order valence-electron chi connectivity index (χ2n) is 5.33. The second-order valence-corrected chi connectivity index (χ2v) is 6.42. The summed E-state index contributed by atoms with van der Waals surface area (Å²) < 4.78 is 11.6. The molecule has 0 amide bonds. The maximum Gasteiger partial charge on any atom is 0.266 e. The SMILES string of the molecule is CCCOc1ccc(/C=c2\s/c(=C\C(=O)c3ccco3)[nH]c2=O)cc1. The molecule has 0 fully saturated rings. The van der Waals surface area contributed by atoms with Crippen molar-refractivity contribution in [1.82, 2.24) is 4.98 Å². The van der Waals surface area contributed by atoms with Crippen molar-refractivity contribution in [1.29, 1.82) is 0 Å². The zero-order chi connectivity index (χ0) is 17.6. The summed E-state index contributed by atoms with van der Waals surface area (Å²) >= 11 is 1.23. The molecule has 6 heteroatoms. The number of thiazole rings is 1. The third kappa shape index (κ3) is 4.36. The van der Waals surface area contributed by atoms with Gasteiger partial charge in [0.1, 0.15) is 5.75 Å². The molecule has 5 nitrogen and oxygen atoms in total. The highest BCUT2D eigenvalue weighted by molar-refractivity contribution is 7.07. The van der Waals surface area contributed by atoms with E-state index in [9.17, 15) is 9.59 Å². The van der Waals surface area contributed by atoms with Crippen LogP contribution >= 0.6 is 11.3 Å². The van der Waals surface area contributed by atoms with Gasteiger partial charge in [0, 0.05) is 6.08 Å². The molecule has 0 saturated heterocycles. The molecule has 1 aromatic carbocycles. The van der Waals surface area contributed by atoms with Gasteiger partial charge in [0.05, 0.1) is 22.1 Å². The molecule has 3 rings (SSSR count). The number of Topliss-reactive ketones (excluding diaryl/α,β-unsaturated/α-hetero) is 1. The molecule has 0 saturated carbocycles. The molecule has 0 aliphatic rings. The smallest absolute Gasteiger partial charge is 0.266 e. The first-order chi connectivity index (χ1) is 12.2. The molecule has 0 aliphatic heterocycles. The van der Waals surface area contributed by atoms with Crippen molar-refractivity contribution in [3.8, 4) is 5.75 Å². The molecular formula is C19H17NO4S. The lowest BCUT2D eigenvalue weighted by atomic mass is 10.2. The van der Waals surface area contributed by atoms with Crippen LogP contribution in [0.15, 0.2) is 51.9 Å². The molecule has 0 radical (unpaired) electrons. The highest BCUT2D eigenvalue weighted by Gasteiger charge is 2.05. The fourth-order valence-corrected chi connectivity index (χ4v) is 3.05. The molecule has 0 bridgehead atoms. The number of H-pyrrole nitrogens is 1. The molecule has 0 atom stereocenters. The molecule has 0 aliphatic carbocycles. The molecule has 0 spiro atoms. The van der Waals surface area contributed by atoms with Crippen LogP contribution in [0.4, 0.5) is 0 Å². The summed E-state index contributed by atoms with van der Waals surface area (Å²) in [5.74, 6) is 0.756. The van der Waals surface area contributed by atoms with Gasteiger partial charge in [0.2, 0.25) is 5.78 Å². The average Bonchev–Trinajstić information content (AvgIpc) is 3.25. The Morgan fingerprint density at radius 1 is 1.28 bits per heavy atom. The summed E-state index contributed by atoms with van der Waals surface area (Å²) in [6.45, 7) is 2.73. The van der Waals surface area contributed by atoms with Gasteiger partial charge < -0.3 is 14.1 Å². The Balaban J connectivity index is 1.86. The van der Waals surface area contributed by atoms with Crippen LogP contribution in [0.2, 0.25) is 0 Å². The standard InChI is InChI=1S/C19H17NO4S/c1-2-9-23-14-7-5-13(6-8-14)11-17-19(22)20-18(25-17)12-15(21)16-4-3-10-24-16/h3-8,10-12H,2,9H2,1H3,(H,20,22)/b17-11-,18-12-. The van der Waals surface area contributed by atoms with Gasteiger partial charge in [-0.2, -0.15) is 0 Å². The second kappa shape index (κ2) is 7.81. The number of rotatable bonds is 6. The number of benzene rings is 1. The lowest BCUT2D eigenvalue weighted by Gasteiger charge is -2.03. The number of carbonyl (C=O) groups excluding carboxylic acids is 1. The van der Waals surface area contributed by atoms with Gasteiger partial charge in [-0.1, -0.05) is 19.1 Å². The third-order valence-electron chi connectivity index (χ3n) is 3.36. The molecule has 2 aromatic heterocycles. The average molecular weight is 355 g/mol. The Bertz CT molecular complexity index is 1010. The number of hydrogen-bond acceptors (Lipinski definition) is 5. The summed E-state index contributed by atoms with van der Waals surface area (Å²) in [5, 5.41) is 0. The molecular weight excluding hydrogens is 338 g/mol. The van der Waals surface area contributed by atoms with E-state index in [1.165, 1.54) is 23.7 Å². The van der Waals surface area contributed by atoms with E-state index in [0.29, 0.717) is 15.8 Å². The van der Waals surface area contributed by atoms with Gasteiger partial charge in [0.15, 0.2) is 5.76 Å². The van der Waals surface area contributed by atoms with E-state index in [1.807, 2.05) is 24.3 Å². The quantitative estimate of drug-likeness (QED) is 0.689. The number of aromatic amines is 1. The van der Waals surface area contributed by atoms with Crippen LogP contribution in [0, 0.1) is 0 Å². The van der Waals surface area contributed by atoms with Crippen LogP contribution in [-0.4, -0.2) is 17.4 Å². The van der Waals surface area contributed by atoms with Crippen molar-refractivity contribution < 1.29 is 13.9 Å². The van der Waals surface area contributed by atoms with E-state index in [1.54, 1.807) is 18.2 Å². The predicted molar refractivity (Wildman–Crippen MR) is 97.5 cm³/mol. The summed E-state index contributed by atoms with van der Waals surface area (Å²) in [7, 11) is 0. The number of ketones is 1. The Morgan fingerprint density at radius 3 is 2.76 bits per heavy atom. The Kier molecular flexibility index (Phi) is 5.30. The Labute approximate surface area is 147 Å². The molecule has 3 aromatic rings. The third-order valence-corrected chi connectivity index (χ3v) is 4.32. The van der Waals surface area contributed by atoms with Crippen molar-refractivity contribution in [2.24, 2.45) is 0 Å². The minimum Gasteiger partial charge on any atom is -0.494 e. The maximum atomic E-state index is 12.1. The van der Waals surface area contributed by atoms with Crippen LogP contribution in [0.3, 0.4) is 0 Å². The first-order valence-corrected chi connectivity index (χ1v) is 8.70. The largest absolute Gasteiger partial charge is 0.494 e. The molecule has 0 unspecified atom stereocenters. The van der Waals surface area contributed by atoms with E-state index < -0.39 is 0 Å². The fourth-order valence-electron chi connectivity index (χ4n) is 2.16. The minimum atomic E-state index is -0.286. The van der Waals surface area contributed by atoms with Crippen molar-refractivity contribution >= 4 is 29.3 Å². The zero-order valence-corrected chi connectivity index (χ0v) is 14.5. The number of hydrogen-bond donors (Lipinski definition) is 1. The molecule has 1 N–H and O–H groups in total. The fraction of sp³-hybridized carbons (Fsp3) is 0.158. The number of furan rings is 1. The van der Waals surface area contributed by atoms with E-state index in [-0.39, 0.29) is 17.1 Å². The number of ether oxygens (including phenoxy) is 1. The highest BCUT2D eigenvalue weighted by atomic mass is 32.1. The maximum absolute atomic E-state index is 12.1. The first-order valence-electron chi connectivity index (χ1n) is 7.89. The lowest BCUT2D eigenvalue weighted by molar-refractivity contribution is 0.103. The zero-order valence-electron chi connectivity index (χ0n) is 13.7. The number of nitrogens with one attached hydrogen (secondary N) is 1. The van der Waals surface area contributed by atoms with Crippen LogP contribution in [0.5, 0.6) is 5.75 Å². The molecule has 2 heterocycles. The van der Waals surface area contributed by atoms with E-state index in [0.717, 1.165) is 17.7 Å². The van der Waals surface area contributed by atoms with Crippen molar-refractivity contribution in [2.45, 2.75) is 13.3 Å². The molecule has 128 valence electrons. The summed E-state index contributed by atoms with van der Waals surface area (Å²) in [6.07, 6.45) is 5.53. The van der Waals surface area contributed by atoms with Gasteiger partial charge in [-0.05, 0) is 42.3 Å². The number of carbonyl (C=O) groups is 1. The number of aromatic nitrogens is 1. The highest BCUT2D eigenvalue weighted by Crippen LogP contribution is 2.12. The Hall–Kier alpha value is -2.86. The Morgan fingerprint density at radius 2 is 2.08 bits per heavy atom. The summed E-state index contributed by atoms with van der Waals surface area (Å²) in [5.41, 5.74) is 0.662. The van der Waals surface area contributed by atoms with E-state index >= 15 is 0 Å². The van der Waals surface area contributed by atoms with Crippen LogP contribution in [-0.2, 0) is 0 Å².